The number of fused-ring (bicyclic) bond motifs is 3. The van der Waals surface area contributed by atoms with Gasteiger partial charge in [0.15, 0.2) is 15.0 Å². The van der Waals surface area contributed by atoms with Crippen LogP contribution in [0.15, 0.2) is 4.99 Å². The van der Waals surface area contributed by atoms with Crippen LogP contribution in [0, 0.1) is 11.8 Å². The van der Waals surface area contributed by atoms with Crippen LogP contribution in [-0.4, -0.2) is 71.5 Å². The van der Waals surface area contributed by atoms with Gasteiger partial charge in [0.25, 0.3) is 0 Å². The Bertz CT molecular complexity index is 851. The zero-order valence-electron chi connectivity index (χ0n) is 17.8. The van der Waals surface area contributed by atoms with Gasteiger partial charge in [0.05, 0.1) is 17.5 Å². The first-order valence-corrected chi connectivity index (χ1v) is 13.4. The molecular weight excluding hydrogens is 426 g/mol. The fourth-order valence-corrected chi connectivity index (χ4v) is 9.27. The van der Waals surface area contributed by atoms with Gasteiger partial charge in [-0.15, -0.1) is 0 Å². The Balaban J connectivity index is 1.41. The number of hydrogen-bond acceptors (Lipinski definition) is 6. The quantitative estimate of drug-likeness (QED) is 0.690. The fraction of sp³-hybridized carbons (Fsp3) is 0.850. The molecule has 2 aliphatic heterocycles. The molecule has 4 rings (SSSR count). The number of hydrogen-bond donors (Lipinski definition) is 1. The van der Waals surface area contributed by atoms with Gasteiger partial charge in [-0.1, -0.05) is 18.2 Å². The van der Waals surface area contributed by atoms with E-state index < -0.39 is 21.5 Å². The normalized spacial score (nSPS) is 35.6. The highest BCUT2D eigenvalue weighted by Crippen LogP contribution is 2.51. The van der Waals surface area contributed by atoms with E-state index in [0.717, 1.165) is 12.3 Å². The van der Waals surface area contributed by atoms with Crippen molar-refractivity contribution in [1.29, 1.82) is 0 Å². The minimum Gasteiger partial charge on any atom is -0.444 e. The average Bonchev–Trinajstić information content (AvgIpc) is 3.32. The van der Waals surface area contributed by atoms with Gasteiger partial charge in [0.2, 0.25) is 5.91 Å². The maximum absolute atomic E-state index is 12.5. The van der Waals surface area contributed by atoms with Crippen molar-refractivity contribution in [3.05, 3.63) is 0 Å². The topological polar surface area (TPSA) is 105 Å². The molecule has 4 aliphatic rings. The van der Waals surface area contributed by atoms with Crippen LogP contribution in [0.1, 0.15) is 52.9 Å². The van der Waals surface area contributed by atoms with E-state index in [1.54, 1.807) is 20.8 Å². The minimum atomic E-state index is -3.04. The van der Waals surface area contributed by atoms with Gasteiger partial charge in [0, 0.05) is 24.3 Å². The third-order valence-electron chi connectivity index (χ3n) is 6.39. The summed E-state index contributed by atoms with van der Waals surface area (Å²) in [6, 6.07) is 0.224. The number of carbonyl (C=O) groups excluding carboxylic acids is 2. The van der Waals surface area contributed by atoms with E-state index in [2.05, 4.69) is 15.2 Å². The van der Waals surface area contributed by atoms with E-state index in [-0.39, 0.29) is 41.7 Å². The smallest absolute Gasteiger partial charge is 0.407 e. The number of nitrogens with one attached hydrogen (secondary N) is 1. The lowest BCUT2D eigenvalue weighted by Crippen LogP contribution is -2.47. The number of amides is 2. The molecule has 8 nitrogen and oxygen atoms in total. The summed E-state index contributed by atoms with van der Waals surface area (Å²) in [6.45, 7) is 5.50. The highest BCUT2D eigenvalue weighted by atomic mass is 32.2. The maximum Gasteiger partial charge on any atom is 0.407 e. The van der Waals surface area contributed by atoms with Crippen molar-refractivity contribution in [2.75, 3.05) is 18.1 Å². The number of ether oxygens (including phenoxy) is 1. The Morgan fingerprint density at radius 3 is 2.60 bits per heavy atom. The number of rotatable bonds is 4. The number of carbonyl (C=O) groups is 2. The molecule has 0 aromatic heterocycles. The van der Waals surface area contributed by atoms with E-state index in [9.17, 15) is 18.0 Å². The van der Waals surface area contributed by atoms with E-state index in [1.807, 2.05) is 0 Å². The third-order valence-corrected chi connectivity index (χ3v) is 9.62. The highest BCUT2D eigenvalue weighted by molar-refractivity contribution is 8.15. The minimum absolute atomic E-state index is 0.0411. The van der Waals surface area contributed by atoms with Gasteiger partial charge in [-0.2, -0.15) is 4.99 Å². The molecule has 0 unspecified atom stereocenters. The van der Waals surface area contributed by atoms with Crippen molar-refractivity contribution in [2.24, 2.45) is 16.8 Å². The van der Waals surface area contributed by atoms with Crippen LogP contribution in [0.25, 0.3) is 0 Å². The molecule has 5 atom stereocenters. The molecule has 0 radical (unpaired) electrons. The van der Waals surface area contributed by atoms with Crippen molar-refractivity contribution in [3.63, 3.8) is 0 Å². The Hall–Kier alpha value is -1.29. The van der Waals surface area contributed by atoms with E-state index in [0.29, 0.717) is 17.1 Å². The monoisotopic (exact) mass is 457 g/mol. The molecule has 2 bridgehead atoms. The first-order chi connectivity index (χ1) is 14.0. The molecule has 2 heterocycles. The summed E-state index contributed by atoms with van der Waals surface area (Å²) in [7, 11) is -3.04. The third kappa shape index (κ3) is 4.79. The molecule has 4 fully saturated rings. The van der Waals surface area contributed by atoms with Crippen LogP contribution >= 0.6 is 11.8 Å². The van der Waals surface area contributed by atoms with Crippen LogP contribution in [0.5, 0.6) is 0 Å². The van der Waals surface area contributed by atoms with Crippen LogP contribution in [-0.2, 0) is 19.4 Å². The second-order valence-electron chi connectivity index (χ2n) is 9.92. The Morgan fingerprint density at radius 1 is 1.20 bits per heavy atom. The summed E-state index contributed by atoms with van der Waals surface area (Å²) in [5.41, 5.74) is -0.589. The number of nitrogens with zero attached hydrogens (tertiary/aromatic N) is 2. The first kappa shape index (κ1) is 21.9. The molecule has 0 aromatic rings. The Morgan fingerprint density at radius 2 is 1.97 bits per heavy atom. The lowest BCUT2D eigenvalue weighted by atomic mass is 9.93. The molecule has 2 saturated heterocycles. The summed E-state index contributed by atoms with van der Waals surface area (Å²) in [6.07, 6.45) is 4.25. The van der Waals surface area contributed by atoms with Crippen molar-refractivity contribution < 1.29 is 22.7 Å². The fourth-order valence-electron chi connectivity index (χ4n) is 5.28. The van der Waals surface area contributed by atoms with E-state index >= 15 is 0 Å². The molecule has 2 saturated carbocycles. The van der Waals surface area contributed by atoms with Crippen molar-refractivity contribution in [2.45, 2.75) is 75.8 Å². The number of amidine groups is 1. The van der Waals surface area contributed by atoms with E-state index in [4.69, 9.17) is 4.74 Å². The van der Waals surface area contributed by atoms with Crippen LogP contribution < -0.4 is 5.32 Å². The Kier molecular flexibility index (Phi) is 5.85. The number of aliphatic imine (C=N–C) groups is 1. The first-order valence-electron chi connectivity index (χ1n) is 10.7. The SMILES string of the molecule is CC(C)(C)OC(=O)NCCC(=O)N=C1S[C@@H]2CS(=O)(=O)C[C@@H]2N1[C@@H]1C[C@@H]2CC[C@@H]1C2. The number of alkyl carbamates (subject to hydrolysis) is 1. The van der Waals surface area contributed by atoms with Crippen LogP contribution in [0.2, 0.25) is 0 Å². The standard InChI is InChI=1S/C20H31N3O5S2/c1-20(2,3)28-19(25)21-7-6-17(24)22-18-23(14-9-12-4-5-13(14)8-12)15-10-30(26,27)11-16(15)29-18/h12-16H,4-11H2,1-3H3,(H,21,25)/t12-,13-,14-,15+,16-/m1/s1. The summed E-state index contributed by atoms with van der Waals surface area (Å²) in [4.78, 5) is 30.8. The molecule has 30 heavy (non-hydrogen) atoms. The van der Waals surface area contributed by atoms with Gasteiger partial charge in [-0.3, -0.25) is 4.79 Å². The van der Waals surface area contributed by atoms with Crippen LogP contribution in [0.4, 0.5) is 4.79 Å². The summed E-state index contributed by atoms with van der Waals surface area (Å²) >= 11 is 1.45. The summed E-state index contributed by atoms with van der Waals surface area (Å²) in [5, 5.41) is 3.22. The molecule has 0 aromatic carbocycles. The van der Waals surface area contributed by atoms with Gasteiger partial charge in [0.1, 0.15) is 5.60 Å². The highest BCUT2D eigenvalue weighted by Gasteiger charge is 2.54. The zero-order valence-corrected chi connectivity index (χ0v) is 19.4. The van der Waals surface area contributed by atoms with Gasteiger partial charge in [-0.25, -0.2) is 13.2 Å². The van der Waals surface area contributed by atoms with Gasteiger partial charge >= 0.3 is 6.09 Å². The van der Waals surface area contributed by atoms with Crippen molar-refractivity contribution in [3.8, 4) is 0 Å². The maximum atomic E-state index is 12.5. The van der Waals surface area contributed by atoms with Crippen molar-refractivity contribution in [1.82, 2.24) is 10.2 Å². The van der Waals surface area contributed by atoms with Crippen LogP contribution in [0.3, 0.4) is 0 Å². The van der Waals surface area contributed by atoms with Gasteiger partial charge in [-0.05, 0) is 51.9 Å². The molecule has 2 aliphatic carbocycles. The van der Waals surface area contributed by atoms with E-state index in [1.165, 1.54) is 31.0 Å². The molecule has 0 spiro atoms. The predicted molar refractivity (Wildman–Crippen MR) is 116 cm³/mol. The molecule has 168 valence electrons. The second kappa shape index (κ2) is 8.00. The number of sulfone groups is 1. The summed E-state index contributed by atoms with van der Waals surface area (Å²) in [5.74, 6) is 1.31. The molecular formula is C20H31N3O5S2. The molecule has 1 N–H and O–H groups in total. The van der Waals surface area contributed by atoms with Crippen molar-refractivity contribution >= 4 is 38.8 Å². The predicted octanol–water partition coefficient (Wildman–Crippen LogP) is 2.19. The molecule has 10 heteroatoms. The average molecular weight is 458 g/mol. The zero-order chi connectivity index (χ0) is 21.7. The summed E-state index contributed by atoms with van der Waals surface area (Å²) < 4.78 is 29.6. The lowest BCUT2D eigenvalue weighted by molar-refractivity contribution is -0.117. The second-order valence-corrected chi connectivity index (χ2v) is 13.3. The Labute approximate surface area is 182 Å². The van der Waals surface area contributed by atoms with Gasteiger partial charge < -0.3 is 15.0 Å². The number of thioether (sulfide) groups is 1. The lowest BCUT2D eigenvalue weighted by Gasteiger charge is -2.36. The molecule has 2 amide bonds. The largest absolute Gasteiger partial charge is 0.444 e.